The minimum Gasteiger partial charge on any atom is -0.493 e. The van der Waals surface area contributed by atoms with Crippen LogP contribution in [-0.4, -0.2) is 37.7 Å². The molecule has 0 aliphatic carbocycles. The normalized spacial score (nSPS) is 13.5. The fourth-order valence-corrected chi connectivity index (χ4v) is 3.03. The maximum absolute atomic E-state index is 12.9. The average Bonchev–Trinajstić information content (AvgIpc) is 2.72. The molecular formula is C22H26N2O5. The van der Waals surface area contributed by atoms with E-state index in [1.54, 1.807) is 42.5 Å². The number of amides is 2. The summed E-state index contributed by atoms with van der Waals surface area (Å²) in [6.07, 6.45) is 0. The molecule has 0 spiro atoms. The van der Waals surface area contributed by atoms with E-state index >= 15 is 0 Å². The molecule has 0 aromatic heterocycles. The van der Waals surface area contributed by atoms with E-state index in [0.717, 1.165) is 0 Å². The Kier molecular flexibility index (Phi) is 6.59. The largest absolute Gasteiger partial charge is 0.493 e. The molecule has 154 valence electrons. The van der Waals surface area contributed by atoms with E-state index in [-0.39, 0.29) is 17.7 Å². The van der Waals surface area contributed by atoms with Gasteiger partial charge in [-0.15, -0.1) is 0 Å². The summed E-state index contributed by atoms with van der Waals surface area (Å²) in [4.78, 5) is 25.7. The first-order valence-electron chi connectivity index (χ1n) is 9.72. The number of hydrogen-bond donors (Lipinski definition) is 2. The van der Waals surface area contributed by atoms with Crippen LogP contribution in [0.1, 0.15) is 31.1 Å². The smallest absolute Gasteiger partial charge is 0.255 e. The predicted octanol–water partition coefficient (Wildman–Crippen LogP) is 3.25. The molecule has 3 rings (SSSR count). The first kappa shape index (κ1) is 20.5. The first-order valence-corrected chi connectivity index (χ1v) is 9.72. The van der Waals surface area contributed by atoms with Crippen LogP contribution in [0.25, 0.3) is 0 Å². The molecule has 0 saturated heterocycles. The van der Waals surface area contributed by atoms with Crippen molar-refractivity contribution in [1.29, 1.82) is 0 Å². The number of hydrogen-bond acceptors (Lipinski definition) is 5. The summed E-state index contributed by atoms with van der Waals surface area (Å²) in [5.74, 6) is 0.946. The number of ether oxygens (including phenoxy) is 3. The lowest BCUT2D eigenvalue weighted by atomic mass is 10.0. The van der Waals surface area contributed by atoms with E-state index in [9.17, 15) is 9.59 Å². The van der Waals surface area contributed by atoms with E-state index in [0.29, 0.717) is 48.3 Å². The molecule has 0 radical (unpaired) electrons. The third-order valence-corrected chi connectivity index (χ3v) is 4.48. The monoisotopic (exact) mass is 398 g/mol. The third kappa shape index (κ3) is 4.99. The van der Waals surface area contributed by atoms with Crippen molar-refractivity contribution in [2.45, 2.75) is 26.8 Å². The number of carbonyl (C=O) groups is 2. The molecule has 7 nitrogen and oxygen atoms in total. The molecular weight excluding hydrogens is 372 g/mol. The summed E-state index contributed by atoms with van der Waals surface area (Å²) < 4.78 is 16.6. The summed E-state index contributed by atoms with van der Waals surface area (Å²) in [5, 5.41) is 5.68. The molecule has 7 heteroatoms. The van der Waals surface area contributed by atoms with Crippen LogP contribution in [0.3, 0.4) is 0 Å². The van der Waals surface area contributed by atoms with E-state index < -0.39 is 6.04 Å². The Hall–Kier alpha value is -3.22. The lowest BCUT2D eigenvalue weighted by Gasteiger charge is -2.23. The van der Waals surface area contributed by atoms with Crippen LogP contribution in [0.5, 0.6) is 17.2 Å². The summed E-state index contributed by atoms with van der Waals surface area (Å²) in [6, 6.07) is 11.5. The van der Waals surface area contributed by atoms with Crippen molar-refractivity contribution in [3.8, 4) is 17.2 Å². The van der Waals surface area contributed by atoms with Crippen LogP contribution in [0, 0.1) is 5.92 Å². The first-order chi connectivity index (χ1) is 14.0. The van der Waals surface area contributed by atoms with Crippen molar-refractivity contribution in [2.24, 2.45) is 5.92 Å². The van der Waals surface area contributed by atoms with Gasteiger partial charge in [0.05, 0.1) is 12.2 Å². The molecule has 1 atom stereocenters. The quantitative estimate of drug-likeness (QED) is 0.748. The molecule has 29 heavy (non-hydrogen) atoms. The van der Waals surface area contributed by atoms with Crippen LogP contribution in [0.4, 0.5) is 5.69 Å². The molecule has 0 bridgehead atoms. The van der Waals surface area contributed by atoms with E-state index in [4.69, 9.17) is 14.2 Å². The Morgan fingerprint density at radius 3 is 2.52 bits per heavy atom. The Bertz CT molecular complexity index is 881. The van der Waals surface area contributed by atoms with E-state index in [1.165, 1.54) is 0 Å². The van der Waals surface area contributed by atoms with Gasteiger partial charge in [-0.25, -0.2) is 0 Å². The van der Waals surface area contributed by atoms with Gasteiger partial charge in [0.2, 0.25) is 5.91 Å². The van der Waals surface area contributed by atoms with Gasteiger partial charge in [0.25, 0.3) is 5.91 Å². The van der Waals surface area contributed by atoms with Crippen molar-refractivity contribution in [2.75, 3.05) is 25.1 Å². The SMILES string of the molecule is CCOc1ccccc1C(=O)NC(C(=O)Nc1ccc2c(c1)OCCO2)C(C)C. The summed E-state index contributed by atoms with van der Waals surface area (Å²) in [6.45, 7) is 7.03. The number of fused-ring (bicyclic) bond motifs is 1. The van der Waals surface area contributed by atoms with Crippen LogP contribution in [0.2, 0.25) is 0 Å². The standard InChI is InChI=1S/C22H26N2O5/c1-4-27-17-8-6-5-7-16(17)21(25)24-20(14(2)3)22(26)23-15-9-10-18-19(13-15)29-12-11-28-18/h5-10,13-14,20H,4,11-12H2,1-3H3,(H,23,26)(H,24,25). The maximum atomic E-state index is 12.9. The fourth-order valence-electron chi connectivity index (χ4n) is 3.03. The van der Waals surface area contributed by atoms with Crippen LogP contribution in [-0.2, 0) is 4.79 Å². The zero-order chi connectivity index (χ0) is 20.8. The second-order valence-corrected chi connectivity index (χ2v) is 6.97. The summed E-state index contributed by atoms with van der Waals surface area (Å²) in [5.41, 5.74) is 0.973. The fraction of sp³-hybridized carbons (Fsp3) is 0.364. The highest BCUT2D eigenvalue weighted by Crippen LogP contribution is 2.32. The molecule has 0 fully saturated rings. The molecule has 2 amide bonds. The van der Waals surface area contributed by atoms with Crippen LogP contribution < -0.4 is 24.8 Å². The van der Waals surface area contributed by atoms with Crippen molar-refractivity contribution in [3.05, 3.63) is 48.0 Å². The van der Waals surface area contributed by atoms with Gasteiger partial charge >= 0.3 is 0 Å². The molecule has 2 N–H and O–H groups in total. The maximum Gasteiger partial charge on any atom is 0.255 e. The molecule has 1 aliphatic heterocycles. The molecule has 2 aromatic carbocycles. The van der Waals surface area contributed by atoms with Gasteiger partial charge in [0, 0.05) is 11.8 Å². The zero-order valence-electron chi connectivity index (χ0n) is 16.9. The highest BCUT2D eigenvalue weighted by atomic mass is 16.6. The van der Waals surface area contributed by atoms with E-state index in [2.05, 4.69) is 10.6 Å². The van der Waals surface area contributed by atoms with Gasteiger partial charge < -0.3 is 24.8 Å². The van der Waals surface area contributed by atoms with Crippen molar-refractivity contribution >= 4 is 17.5 Å². The van der Waals surface area contributed by atoms with Gasteiger partial charge in [-0.2, -0.15) is 0 Å². The number of benzene rings is 2. The predicted molar refractivity (Wildman–Crippen MR) is 110 cm³/mol. The summed E-state index contributed by atoms with van der Waals surface area (Å²) in [7, 11) is 0. The lowest BCUT2D eigenvalue weighted by Crippen LogP contribution is -2.47. The van der Waals surface area contributed by atoms with Crippen molar-refractivity contribution < 1.29 is 23.8 Å². The molecule has 2 aromatic rings. The van der Waals surface area contributed by atoms with Gasteiger partial charge in [0.1, 0.15) is 25.0 Å². The minimum absolute atomic E-state index is 0.115. The zero-order valence-corrected chi connectivity index (χ0v) is 16.9. The molecule has 1 aliphatic rings. The molecule has 1 unspecified atom stereocenters. The Labute approximate surface area is 170 Å². The average molecular weight is 398 g/mol. The second kappa shape index (κ2) is 9.32. The number of rotatable bonds is 7. The van der Waals surface area contributed by atoms with Crippen molar-refractivity contribution in [3.63, 3.8) is 0 Å². The topological polar surface area (TPSA) is 85.9 Å². The van der Waals surface area contributed by atoms with Gasteiger partial charge in [0.15, 0.2) is 11.5 Å². The Morgan fingerprint density at radius 1 is 1.07 bits per heavy atom. The highest BCUT2D eigenvalue weighted by molar-refractivity contribution is 6.02. The van der Waals surface area contributed by atoms with Gasteiger partial charge in [-0.05, 0) is 37.1 Å². The Morgan fingerprint density at radius 2 is 1.79 bits per heavy atom. The number of carbonyl (C=O) groups excluding carboxylic acids is 2. The third-order valence-electron chi connectivity index (χ3n) is 4.48. The van der Waals surface area contributed by atoms with Crippen LogP contribution in [0.15, 0.2) is 42.5 Å². The van der Waals surface area contributed by atoms with Crippen LogP contribution >= 0.6 is 0 Å². The number of para-hydroxylation sites is 1. The summed E-state index contributed by atoms with van der Waals surface area (Å²) >= 11 is 0. The Balaban J connectivity index is 1.72. The minimum atomic E-state index is -0.717. The molecule has 0 saturated carbocycles. The number of anilines is 1. The van der Waals surface area contributed by atoms with Gasteiger partial charge in [-0.3, -0.25) is 9.59 Å². The molecule has 1 heterocycles. The van der Waals surface area contributed by atoms with Gasteiger partial charge in [-0.1, -0.05) is 26.0 Å². The highest BCUT2D eigenvalue weighted by Gasteiger charge is 2.26. The van der Waals surface area contributed by atoms with E-state index in [1.807, 2.05) is 20.8 Å². The lowest BCUT2D eigenvalue weighted by molar-refractivity contribution is -0.118. The number of nitrogens with one attached hydrogen (secondary N) is 2. The second-order valence-electron chi connectivity index (χ2n) is 6.97. The van der Waals surface area contributed by atoms with Crippen molar-refractivity contribution in [1.82, 2.24) is 5.32 Å².